The average molecular weight is 362 g/mol. The maximum atomic E-state index is 12.3. The van der Waals surface area contributed by atoms with E-state index in [9.17, 15) is 14.7 Å². The number of aromatic carboxylic acids is 1. The monoisotopic (exact) mass is 361 g/mol. The lowest BCUT2D eigenvalue weighted by atomic mass is 10.0. The normalized spacial score (nSPS) is 11.4. The molecule has 6 heteroatoms. The fourth-order valence-electron chi connectivity index (χ4n) is 2.03. The van der Waals surface area contributed by atoms with Gasteiger partial charge >= 0.3 is 12.1 Å². The van der Waals surface area contributed by atoms with Crippen LogP contribution in [0.25, 0.3) is 0 Å². The third-order valence-corrected chi connectivity index (χ3v) is 4.10. The van der Waals surface area contributed by atoms with Crippen LogP contribution >= 0.6 is 0 Å². The molecule has 1 rings (SSSR count). The van der Waals surface area contributed by atoms with Crippen molar-refractivity contribution in [3.05, 3.63) is 28.8 Å². The van der Waals surface area contributed by atoms with Crippen LogP contribution in [0.4, 0.5) is 10.5 Å². The Morgan fingerprint density at radius 2 is 1.76 bits per heavy atom. The summed E-state index contributed by atoms with van der Waals surface area (Å²) >= 11 is 0. The Labute approximate surface area is 151 Å². The summed E-state index contributed by atoms with van der Waals surface area (Å²) in [6.45, 7) is 13.4. The van der Waals surface area contributed by atoms with Crippen molar-refractivity contribution < 1.29 is 19.4 Å². The Bertz CT molecular complexity index is 746. The van der Waals surface area contributed by atoms with Gasteiger partial charge in [0.25, 0.3) is 0 Å². The molecule has 5 nitrogen and oxygen atoms in total. The number of carboxylic acid groups (broad SMARTS) is 1. The van der Waals surface area contributed by atoms with E-state index in [0.29, 0.717) is 16.8 Å². The van der Waals surface area contributed by atoms with Gasteiger partial charge in [-0.1, -0.05) is 25.6 Å². The maximum Gasteiger partial charge on any atom is 0.414 e. The third-order valence-electron chi connectivity index (χ3n) is 3.22. The number of carboxylic acids is 1. The van der Waals surface area contributed by atoms with E-state index in [1.54, 1.807) is 46.9 Å². The average Bonchev–Trinajstić information content (AvgIpc) is 2.42. The first-order valence-electron chi connectivity index (χ1n) is 8.09. The number of nitrogens with zero attached hydrogens (tertiary/aromatic N) is 1. The van der Waals surface area contributed by atoms with Gasteiger partial charge in [-0.15, -0.1) is 5.54 Å². The highest BCUT2D eigenvalue weighted by Gasteiger charge is 2.23. The van der Waals surface area contributed by atoms with Gasteiger partial charge < -0.3 is 9.84 Å². The van der Waals surface area contributed by atoms with E-state index in [1.165, 1.54) is 4.90 Å². The van der Waals surface area contributed by atoms with Gasteiger partial charge in [0.15, 0.2) is 0 Å². The zero-order valence-electron chi connectivity index (χ0n) is 16.3. The van der Waals surface area contributed by atoms with E-state index < -0.39 is 25.7 Å². The second-order valence-corrected chi connectivity index (χ2v) is 12.8. The van der Waals surface area contributed by atoms with Gasteiger partial charge in [-0.2, -0.15) is 0 Å². The summed E-state index contributed by atoms with van der Waals surface area (Å²) in [5.41, 5.74) is 4.28. The summed E-state index contributed by atoms with van der Waals surface area (Å²) in [7, 11) is -0.0429. The van der Waals surface area contributed by atoms with E-state index in [-0.39, 0.29) is 5.56 Å². The summed E-state index contributed by atoms with van der Waals surface area (Å²) in [4.78, 5) is 25.2. The van der Waals surface area contributed by atoms with Crippen LogP contribution in [0.5, 0.6) is 0 Å². The smallest absolute Gasteiger partial charge is 0.414 e. The van der Waals surface area contributed by atoms with E-state index in [0.717, 1.165) is 0 Å². The molecule has 0 aliphatic rings. The third kappa shape index (κ3) is 6.27. The van der Waals surface area contributed by atoms with Gasteiger partial charge in [-0.05, 0) is 45.4 Å². The number of benzene rings is 1. The molecule has 1 aromatic carbocycles. The van der Waals surface area contributed by atoms with Gasteiger partial charge in [0.1, 0.15) is 13.7 Å². The molecule has 136 valence electrons. The molecule has 0 aliphatic heterocycles. The van der Waals surface area contributed by atoms with Crippen LogP contribution in [0.3, 0.4) is 0 Å². The second kappa shape index (κ2) is 7.32. The topological polar surface area (TPSA) is 66.8 Å². The zero-order chi connectivity index (χ0) is 19.6. The number of amides is 1. The molecule has 1 N–H and O–H groups in total. The van der Waals surface area contributed by atoms with Gasteiger partial charge in [0, 0.05) is 12.6 Å². The number of anilines is 1. The van der Waals surface area contributed by atoms with Crippen LogP contribution < -0.4 is 4.90 Å². The molecule has 0 heterocycles. The molecule has 0 unspecified atom stereocenters. The van der Waals surface area contributed by atoms with Crippen LogP contribution in [0, 0.1) is 18.4 Å². The fraction of sp³-hybridized carbons (Fsp3) is 0.474. The molecule has 1 aromatic rings. The largest absolute Gasteiger partial charge is 0.478 e. The molecule has 1 amide bonds. The summed E-state index contributed by atoms with van der Waals surface area (Å²) in [6.07, 6.45) is -0.540. The summed E-state index contributed by atoms with van der Waals surface area (Å²) in [5.74, 6) is 2.01. The second-order valence-electron chi connectivity index (χ2n) is 8.01. The molecule has 25 heavy (non-hydrogen) atoms. The van der Waals surface area contributed by atoms with Crippen molar-refractivity contribution >= 4 is 25.8 Å². The molecular weight excluding hydrogens is 334 g/mol. The molecule has 0 aliphatic carbocycles. The molecule has 0 bridgehead atoms. The van der Waals surface area contributed by atoms with E-state index in [2.05, 4.69) is 31.1 Å². The van der Waals surface area contributed by atoms with Crippen LogP contribution in [-0.2, 0) is 4.74 Å². The molecule has 0 fully saturated rings. The number of ether oxygens (including phenoxy) is 1. The lowest BCUT2D eigenvalue weighted by Gasteiger charge is -2.26. The number of rotatable bonds is 2. The van der Waals surface area contributed by atoms with Crippen molar-refractivity contribution in [3.8, 4) is 11.5 Å². The molecule has 0 saturated carbocycles. The number of hydrogen-bond donors (Lipinski definition) is 1. The van der Waals surface area contributed by atoms with Crippen LogP contribution in [0.15, 0.2) is 12.1 Å². The Morgan fingerprint density at radius 1 is 1.20 bits per heavy atom. The first-order chi connectivity index (χ1) is 11.2. The summed E-state index contributed by atoms with van der Waals surface area (Å²) in [6, 6.07) is 3.29. The highest BCUT2D eigenvalue weighted by atomic mass is 28.3. The van der Waals surface area contributed by atoms with Crippen molar-refractivity contribution in [1.29, 1.82) is 0 Å². The summed E-state index contributed by atoms with van der Waals surface area (Å²) in [5, 5.41) is 9.48. The molecule has 0 spiro atoms. The van der Waals surface area contributed by atoms with Gasteiger partial charge in [0.2, 0.25) is 0 Å². The lowest BCUT2D eigenvalue weighted by Crippen LogP contribution is -2.34. The molecule has 0 radical (unpaired) electrons. The van der Waals surface area contributed by atoms with E-state index in [4.69, 9.17) is 4.74 Å². The number of carbonyl (C=O) groups excluding carboxylic acids is 1. The standard InChI is InChI=1S/C19H27NO4Si/c1-13-15(17(21)22)11-14(9-10-25(6,7)8)12-16(13)20(5)18(23)24-19(2,3)4/h11-12H,1-8H3,(H,21,22). The van der Waals surface area contributed by atoms with Crippen molar-refractivity contribution in [2.75, 3.05) is 11.9 Å². The first-order valence-corrected chi connectivity index (χ1v) is 11.6. The van der Waals surface area contributed by atoms with E-state index >= 15 is 0 Å². The SMILES string of the molecule is Cc1c(C(=O)O)cc(C#C[Si](C)(C)C)cc1N(C)C(=O)OC(C)(C)C. The Hall–Kier alpha value is -2.26. The maximum absolute atomic E-state index is 12.3. The van der Waals surface area contributed by atoms with Crippen molar-refractivity contribution in [2.24, 2.45) is 0 Å². The van der Waals surface area contributed by atoms with Gasteiger partial charge in [0.05, 0.1) is 11.3 Å². The van der Waals surface area contributed by atoms with Crippen molar-refractivity contribution in [2.45, 2.75) is 52.9 Å². The Balaban J connectivity index is 3.42. The van der Waals surface area contributed by atoms with Crippen LogP contribution in [0.1, 0.15) is 42.3 Å². The fourth-order valence-corrected chi connectivity index (χ4v) is 2.55. The number of hydrogen-bond acceptors (Lipinski definition) is 3. The van der Waals surface area contributed by atoms with Crippen molar-refractivity contribution in [3.63, 3.8) is 0 Å². The van der Waals surface area contributed by atoms with Gasteiger partial charge in [-0.25, -0.2) is 9.59 Å². The highest BCUT2D eigenvalue weighted by molar-refractivity contribution is 6.83. The minimum absolute atomic E-state index is 0.132. The molecule has 0 aromatic heterocycles. The van der Waals surface area contributed by atoms with Crippen LogP contribution in [0.2, 0.25) is 19.6 Å². The number of carbonyl (C=O) groups is 2. The Kier molecular flexibility index (Phi) is 6.08. The zero-order valence-corrected chi connectivity index (χ0v) is 17.3. The minimum atomic E-state index is -1.61. The van der Waals surface area contributed by atoms with E-state index in [1.807, 2.05) is 0 Å². The Morgan fingerprint density at radius 3 is 2.20 bits per heavy atom. The van der Waals surface area contributed by atoms with Crippen LogP contribution in [-0.4, -0.2) is 37.9 Å². The molecule has 0 saturated heterocycles. The van der Waals surface area contributed by atoms with Crippen molar-refractivity contribution in [1.82, 2.24) is 0 Å². The first kappa shape index (κ1) is 20.8. The molecular formula is C19H27NO4Si. The summed E-state index contributed by atoms with van der Waals surface area (Å²) < 4.78 is 5.37. The van der Waals surface area contributed by atoms with Gasteiger partial charge in [-0.3, -0.25) is 4.90 Å². The predicted octanol–water partition coefficient (Wildman–Crippen LogP) is 4.29. The lowest BCUT2D eigenvalue weighted by molar-refractivity contribution is 0.0587. The minimum Gasteiger partial charge on any atom is -0.478 e. The predicted molar refractivity (Wildman–Crippen MR) is 103 cm³/mol. The quantitative estimate of drug-likeness (QED) is 0.630. The highest BCUT2D eigenvalue weighted by Crippen LogP contribution is 2.26. The molecule has 0 atom stereocenters.